The van der Waals surface area contributed by atoms with Crippen LogP contribution < -0.4 is 0 Å². The van der Waals surface area contributed by atoms with Gasteiger partial charge in [0.05, 0.1) is 5.69 Å². The number of hydrogen-bond acceptors (Lipinski definition) is 2. The molecule has 84 valence electrons. The van der Waals surface area contributed by atoms with E-state index in [1.807, 2.05) is 6.07 Å². The Kier molecular flexibility index (Phi) is 2.34. The minimum atomic E-state index is 0.578. The molecule has 0 radical (unpaired) electrons. The summed E-state index contributed by atoms with van der Waals surface area (Å²) in [5.74, 6) is 0. The van der Waals surface area contributed by atoms with Crippen molar-refractivity contribution < 1.29 is 0 Å². The molecular formula is C13H10ClN3. The molecule has 0 spiro atoms. The number of fused-ring (bicyclic) bond motifs is 1. The van der Waals surface area contributed by atoms with Crippen LogP contribution in [0.5, 0.6) is 0 Å². The Hall–Kier alpha value is -1.87. The summed E-state index contributed by atoms with van der Waals surface area (Å²) in [6.07, 6.45) is 1.55. The molecule has 0 saturated carbocycles. The van der Waals surface area contributed by atoms with E-state index in [2.05, 4.69) is 46.1 Å². The molecule has 0 atom stereocenters. The van der Waals surface area contributed by atoms with Gasteiger partial charge in [0.1, 0.15) is 17.1 Å². The van der Waals surface area contributed by atoms with Crippen molar-refractivity contribution in [2.24, 2.45) is 0 Å². The maximum absolute atomic E-state index is 5.94. The van der Waals surface area contributed by atoms with E-state index < -0.39 is 0 Å². The molecule has 0 aliphatic carbocycles. The van der Waals surface area contributed by atoms with Gasteiger partial charge in [-0.05, 0) is 13.0 Å². The number of hydrogen-bond donors (Lipinski definition) is 1. The Morgan fingerprint density at radius 3 is 2.65 bits per heavy atom. The molecule has 4 heteroatoms. The van der Waals surface area contributed by atoms with Gasteiger partial charge >= 0.3 is 0 Å². The number of nitrogens with one attached hydrogen (secondary N) is 1. The van der Waals surface area contributed by atoms with Crippen LogP contribution in [0.2, 0.25) is 5.15 Å². The van der Waals surface area contributed by atoms with Crippen molar-refractivity contribution in [3.8, 4) is 11.3 Å². The van der Waals surface area contributed by atoms with Crippen LogP contribution in [-0.4, -0.2) is 15.0 Å². The highest BCUT2D eigenvalue weighted by molar-refractivity contribution is 6.30. The highest BCUT2D eigenvalue weighted by Gasteiger charge is 2.08. The third-order valence-corrected chi connectivity index (χ3v) is 2.92. The average Bonchev–Trinajstić information content (AvgIpc) is 2.70. The quantitative estimate of drug-likeness (QED) is 0.710. The van der Waals surface area contributed by atoms with Crippen molar-refractivity contribution >= 4 is 22.6 Å². The zero-order valence-electron chi connectivity index (χ0n) is 9.24. The number of halogens is 1. The van der Waals surface area contributed by atoms with Crippen LogP contribution in [0.3, 0.4) is 0 Å². The highest BCUT2D eigenvalue weighted by Crippen LogP contribution is 2.27. The van der Waals surface area contributed by atoms with E-state index in [4.69, 9.17) is 11.6 Å². The van der Waals surface area contributed by atoms with Crippen LogP contribution in [0.25, 0.3) is 22.3 Å². The van der Waals surface area contributed by atoms with Crippen molar-refractivity contribution in [3.63, 3.8) is 0 Å². The van der Waals surface area contributed by atoms with Crippen LogP contribution in [-0.2, 0) is 0 Å². The van der Waals surface area contributed by atoms with Crippen molar-refractivity contribution in [2.75, 3.05) is 0 Å². The lowest BCUT2D eigenvalue weighted by Crippen LogP contribution is -1.87. The summed E-state index contributed by atoms with van der Waals surface area (Å²) in [6, 6.07) is 10.1. The summed E-state index contributed by atoms with van der Waals surface area (Å²) in [6.45, 7) is 2.06. The first-order chi connectivity index (χ1) is 8.24. The van der Waals surface area contributed by atoms with E-state index in [-0.39, 0.29) is 0 Å². The molecule has 0 fully saturated rings. The predicted molar refractivity (Wildman–Crippen MR) is 69.1 cm³/mol. The smallest absolute Gasteiger partial charge is 0.142 e. The molecule has 0 unspecified atom stereocenters. The third kappa shape index (κ3) is 1.78. The largest absolute Gasteiger partial charge is 0.330 e. The fourth-order valence-electron chi connectivity index (χ4n) is 1.85. The fraction of sp³-hybridized carbons (Fsp3) is 0.0769. The summed E-state index contributed by atoms with van der Waals surface area (Å²) in [4.78, 5) is 11.5. The lowest BCUT2D eigenvalue weighted by Gasteiger charge is -2.02. The SMILES string of the molecule is Cc1ccc(-c2ncnc3[nH]c(Cl)cc23)cc1. The van der Waals surface area contributed by atoms with E-state index in [1.165, 1.54) is 5.56 Å². The number of rotatable bonds is 1. The summed E-state index contributed by atoms with van der Waals surface area (Å²) >= 11 is 5.94. The van der Waals surface area contributed by atoms with Gasteiger partial charge in [-0.15, -0.1) is 0 Å². The van der Waals surface area contributed by atoms with Gasteiger partial charge in [0, 0.05) is 10.9 Å². The Morgan fingerprint density at radius 2 is 1.88 bits per heavy atom. The monoisotopic (exact) mass is 243 g/mol. The van der Waals surface area contributed by atoms with Crippen molar-refractivity contribution in [2.45, 2.75) is 6.92 Å². The molecule has 3 rings (SSSR count). The zero-order chi connectivity index (χ0) is 11.8. The van der Waals surface area contributed by atoms with E-state index in [0.29, 0.717) is 5.15 Å². The van der Waals surface area contributed by atoms with E-state index in [9.17, 15) is 0 Å². The van der Waals surface area contributed by atoms with Crippen LogP contribution in [0.15, 0.2) is 36.7 Å². The minimum Gasteiger partial charge on any atom is -0.330 e. The second kappa shape index (κ2) is 3.86. The van der Waals surface area contributed by atoms with E-state index in [0.717, 1.165) is 22.3 Å². The fourth-order valence-corrected chi connectivity index (χ4v) is 2.05. The molecule has 0 aliphatic heterocycles. The molecule has 0 amide bonds. The van der Waals surface area contributed by atoms with Crippen LogP contribution in [0.4, 0.5) is 0 Å². The normalized spacial score (nSPS) is 10.9. The number of nitrogens with zero attached hydrogens (tertiary/aromatic N) is 2. The maximum Gasteiger partial charge on any atom is 0.142 e. The molecule has 17 heavy (non-hydrogen) atoms. The predicted octanol–water partition coefficient (Wildman–Crippen LogP) is 3.59. The van der Waals surface area contributed by atoms with Gasteiger partial charge in [0.25, 0.3) is 0 Å². The number of aromatic amines is 1. The molecule has 2 aromatic heterocycles. The Morgan fingerprint density at radius 1 is 1.12 bits per heavy atom. The van der Waals surface area contributed by atoms with Gasteiger partial charge < -0.3 is 4.98 Å². The maximum atomic E-state index is 5.94. The van der Waals surface area contributed by atoms with Crippen molar-refractivity contribution in [1.82, 2.24) is 15.0 Å². The summed E-state index contributed by atoms with van der Waals surface area (Å²) in [7, 11) is 0. The van der Waals surface area contributed by atoms with Crippen molar-refractivity contribution in [3.05, 3.63) is 47.4 Å². The van der Waals surface area contributed by atoms with Crippen LogP contribution >= 0.6 is 11.6 Å². The van der Waals surface area contributed by atoms with Crippen LogP contribution in [0, 0.1) is 6.92 Å². The van der Waals surface area contributed by atoms with Gasteiger partial charge in [-0.2, -0.15) is 0 Å². The lowest BCUT2D eigenvalue weighted by atomic mass is 10.1. The van der Waals surface area contributed by atoms with E-state index in [1.54, 1.807) is 6.33 Å². The Balaban J connectivity index is 2.26. The van der Waals surface area contributed by atoms with Gasteiger partial charge in [-0.3, -0.25) is 0 Å². The molecular weight excluding hydrogens is 234 g/mol. The minimum absolute atomic E-state index is 0.578. The molecule has 0 aliphatic rings. The molecule has 2 heterocycles. The van der Waals surface area contributed by atoms with Gasteiger partial charge in [0.15, 0.2) is 0 Å². The number of benzene rings is 1. The zero-order valence-corrected chi connectivity index (χ0v) is 9.99. The molecule has 0 bridgehead atoms. The summed E-state index contributed by atoms with van der Waals surface area (Å²) < 4.78 is 0. The molecule has 3 aromatic rings. The van der Waals surface area contributed by atoms with Crippen molar-refractivity contribution in [1.29, 1.82) is 0 Å². The highest BCUT2D eigenvalue weighted by atomic mass is 35.5. The molecule has 1 N–H and O–H groups in total. The molecule has 0 saturated heterocycles. The number of aryl methyl sites for hydroxylation is 1. The van der Waals surface area contributed by atoms with E-state index >= 15 is 0 Å². The first-order valence-corrected chi connectivity index (χ1v) is 5.68. The number of aromatic nitrogens is 3. The number of H-pyrrole nitrogens is 1. The summed E-state index contributed by atoms with van der Waals surface area (Å²) in [5.41, 5.74) is 3.96. The standard InChI is InChI=1S/C13H10ClN3/c1-8-2-4-9(5-3-8)12-10-6-11(14)17-13(10)16-7-15-12/h2-7H,1H3,(H,15,16,17). The topological polar surface area (TPSA) is 41.6 Å². The van der Waals surface area contributed by atoms with Gasteiger partial charge in [0.2, 0.25) is 0 Å². The lowest BCUT2D eigenvalue weighted by molar-refractivity contribution is 1.20. The molecule has 1 aromatic carbocycles. The molecule has 3 nitrogen and oxygen atoms in total. The first-order valence-electron chi connectivity index (χ1n) is 5.30. The Labute approximate surface area is 103 Å². The van der Waals surface area contributed by atoms with Gasteiger partial charge in [-0.25, -0.2) is 9.97 Å². The first kappa shape index (κ1) is 10.3. The second-order valence-electron chi connectivity index (χ2n) is 3.97. The Bertz CT molecular complexity index is 671. The summed E-state index contributed by atoms with van der Waals surface area (Å²) in [5, 5.41) is 1.52. The second-order valence-corrected chi connectivity index (χ2v) is 4.38. The average molecular weight is 244 g/mol. The van der Waals surface area contributed by atoms with Gasteiger partial charge in [-0.1, -0.05) is 41.4 Å². The third-order valence-electron chi connectivity index (χ3n) is 2.72. The van der Waals surface area contributed by atoms with Crippen LogP contribution in [0.1, 0.15) is 5.56 Å².